The number of carbonyl (C=O) groups excluding carboxylic acids is 3. The minimum atomic E-state index is -4.00. The van der Waals surface area contributed by atoms with Gasteiger partial charge in [-0.3, -0.25) is 19.3 Å². The number of thiophene rings is 1. The number of rotatable bonds is 6. The molecule has 142 valence electrons. The van der Waals surface area contributed by atoms with E-state index in [-0.39, 0.29) is 17.7 Å². The van der Waals surface area contributed by atoms with Crippen molar-refractivity contribution in [2.45, 2.75) is 20.3 Å². The summed E-state index contributed by atoms with van der Waals surface area (Å²) in [4.78, 5) is 39.0. The molecule has 0 radical (unpaired) electrons. The van der Waals surface area contributed by atoms with Crippen LogP contribution in [0.1, 0.15) is 47.8 Å². The van der Waals surface area contributed by atoms with Crippen LogP contribution in [0.2, 0.25) is 0 Å². The Kier molecular flexibility index (Phi) is 5.16. The topological polar surface area (TPSA) is 101 Å². The molecule has 7 nitrogen and oxygen atoms in total. The molecule has 0 spiro atoms. The summed E-state index contributed by atoms with van der Waals surface area (Å²) in [6.07, 6.45) is 0.760. The molecule has 0 aliphatic carbocycles. The number of imide groups is 1. The van der Waals surface area contributed by atoms with Crippen LogP contribution in [0.3, 0.4) is 0 Å². The minimum absolute atomic E-state index is 0.255. The zero-order valence-electron chi connectivity index (χ0n) is 14.8. The Bertz CT molecular complexity index is 1000. The molecule has 1 aliphatic rings. The standard InChI is InChI=1S/C18H18N2O5S2/c1-3-14-11(2)10-15(26-14)16(21)19-27(24,25)9-8-20-17(22)12-6-4-5-7-13(12)18(20)23/h4-7,10H,3,8-9H2,1-2H3,(H,19,21). The number of nitrogens with one attached hydrogen (secondary N) is 1. The third kappa shape index (κ3) is 3.79. The maximum Gasteiger partial charge on any atom is 0.274 e. The van der Waals surface area contributed by atoms with E-state index in [9.17, 15) is 22.8 Å². The first-order valence-corrected chi connectivity index (χ1v) is 10.8. The Hall–Kier alpha value is -2.52. The number of nitrogens with zero attached hydrogens (tertiary/aromatic N) is 1. The Morgan fingerprint density at radius 2 is 1.74 bits per heavy atom. The van der Waals surface area contributed by atoms with Gasteiger partial charge in [0.2, 0.25) is 10.0 Å². The van der Waals surface area contributed by atoms with Gasteiger partial charge in [0.05, 0.1) is 21.8 Å². The maximum absolute atomic E-state index is 12.3. The fourth-order valence-electron chi connectivity index (χ4n) is 2.88. The van der Waals surface area contributed by atoms with Crippen molar-refractivity contribution < 1.29 is 22.8 Å². The van der Waals surface area contributed by atoms with E-state index >= 15 is 0 Å². The van der Waals surface area contributed by atoms with Crippen LogP contribution in [0.5, 0.6) is 0 Å². The second-order valence-electron chi connectivity index (χ2n) is 6.13. The molecule has 0 saturated heterocycles. The molecule has 1 aromatic carbocycles. The summed E-state index contributed by atoms with van der Waals surface area (Å²) in [5, 5.41) is 0. The molecule has 27 heavy (non-hydrogen) atoms. The normalized spacial score (nSPS) is 13.8. The molecule has 3 amide bonds. The fraction of sp³-hybridized carbons (Fsp3) is 0.278. The lowest BCUT2D eigenvalue weighted by Gasteiger charge is -2.14. The van der Waals surface area contributed by atoms with E-state index in [0.29, 0.717) is 4.88 Å². The molecule has 0 saturated carbocycles. The molecule has 3 rings (SSSR count). The van der Waals surface area contributed by atoms with Crippen molar-refractivity contribution in [2.75, 3.05) is 12.3 Å². The molecule has 2 heterocycles. The number of sulfonamides is 1. The van der Waals surface area contributed by atoms with E-state index in [4.69, 9.17) is 0 Å². The van der Waals surface area contributed by atoms with Crippen molar-refractivity contribution in [3.63, 3.8) is 0 Å². The van der Waals surface area contributed by atoms with Crippen molar-refractivity contribution >= 4 is 39.1 Å². The van der Waals surface area contributed by atoms with Gasteiger partial charge in [-0.2, -0.15) is 0 Å². The van der Waals surface area contributed by atoms with Crippen molar-refractivity contribution in [3.8, 4) is 0 Å². The summed E-state index contributed by atoms with van der Waals surface area (Å²) in [5.74, 6) is -2.31. The van der Waals surface area contributed by atoms with Gasteiger partial charge < -0.3 is 0 Å². The maximum atomic E-state index is 12.3. The van der Waals surface area contributed by atoms with E-state index in [1.165, 1.54) is 23.5 Å². The number of fused-ring (bicyclic) bond motifs is 1. The lowest BCUT2D eigenvalue weighted by Crippen LogP contribution is -2.39. The molecule has 9 heteroatoms. The average Bonchev–Trinajstić information content (AvgIpc) is 3.12. The second-order valence-corrected chi connectivity index (χ2v) is 9.11. The van der Waals surface area contributed by atoms with Crippen LogP contribution in [-0.2, 0) is 16.4 Å². The highest BCUT2D eigenvalue weighted by Crippen LogP contribution is 2.23. The first-order chi connectivity index (χ1) is 12.7. The van der Waals surface area contributed by atoms with E-state index in [2.05, 4.69) is 0 Å². The molecule has 0 atom stereocenters. The monoisotopic (exact) mass is 406 g/mol. The highest BCUT2D eigenvalue weighted by Gasteiger charge is 2.35. The summed E-state index contributed by atoms with van der Waals surface area (Å²) in [5.41, 5.74) is 1.45. The van der Waals surface area contributed by atoms with Crippen LogP contribution >= 0.6 is 11.3 Å². The molecule has 1 aromatic heterocycles. The zero-order chi connectivity index (χ0) is 19.8. The molecule has 0 unspecified atom stereocenters. The number of hydrogen-bond donors (Lipinski definition) is 1. The van der Waals surface area contributed by atoms with Crippen molar-refractivity contribution in [3.05, 3.63) is 56.8 Å². The van der Waals surface area contributed by atoms with E-state index in [1.54, 1.807) is 18.2 Å². The molecule has 0 fully saturated rings. The van der Waals surface area contributed by atoms with Gasteiger partial charge in [-0.15, -0.1) is 11.3 Å². The van der Waals surface area contributed by atoms with Gasteiger partial charge in [0, 0.05) is 11.4 Å². The smallest absolute Gasteiger partial charge is 0.273 e. The summed E-state index contributed by atoms with van der Waals surface area (Å²) < 4.78 is 26.5. The molecule has 1 N–H and O–H groups in total. The fourth-order valence-corrected chi connectivity index (χ4v) is 4.87. The van der Waals surface area contributed by atoms with Crippen LogP contribution in [-0.4, -0.2) is 43.3 Å². The number of amides is 3. The molecule has 2 aromatic rings. The number of hydrogen-bond acceptors (Lipinski definition) is 6. The minimum Gasteiger partial charge on any atom is -0.273 e. The van der Waals surface area contributed by atoms with Crippen LogP contribution in [0.4, 0.5) is 0 Å². The lowest BCUT2D eigenvalue weighted by molar-refractivity contribution is 0.0664. The van der Waals surface area contributed by atoms with Crippen LogP contribution in [0, 0.1) is 6.92 Å². The third-order valence-electron chi connectivity index (χ3n) is 4.28. The van der Waals surface area contributed by atoms with Crippen molar-refractivity contribution in [1.82, 2.24) is 9.62 Å². The first kappa shape index (κ1) is 19.2. The van der Waals surface area contributed by atoms with Crippen LogP contribution in [0.15, 0.2) is 30.3 Å². The quantitative estimate of drug-likeness (QED) is 0.739. The largest absolute Gasteiger partial charge is 0.274 e. The van der Waals surface area contributed by atoms with Crippen LogP contribution < -0.4 is 4.72 Å². The van der Waals surface area contributed by atoms with Gasteiger partial charge in [0.15, 0.2) is 0 Å². The van der Waals surface area contributed by atoms with Gasteiger partial charge in [0.1, 0.15) is 0 Å². The Labute approximate surface area is 161 Å². The highest BCUT2D eigenvalue weighted by molar-refractivity contribution is 7.90. The van der Waals surface area contributed by atoms with Crippen LogP contribution in [0.25, 0.3) is 0 Å². The van der Waals surface area contributed by atoms with Gasteiger partial charge in [-0.1, -0.05) is 19.1 Å². The SMILES string of the molecule is CCc1sc(C(=O)NS(=O)(=O)CCN2C(=O)c3ccccc3C2=O)cc1C. The van der Waals surface area contributed by atoms with E-state index in [1.807, 2.05) is 18.6 Å². The molecular formula is C18H18N2O5S2. The van der Waals surface area contributed by atoms with Gasteiger partial charge in [-0.05, 0) is 37.1 Å². The van der Waals surface area contributed by atoms with Crippen molar-refractivity contribution in [2.24, 2.45) is 0 Å². The first-order valence-electron chi connectivity index (χ1n) is 8.33. The summed E-state index contributed by atoms with van der Waals surface area (Å²) >= 11 is 1.25. The van der Waals surface area contributed by atoms with Crippen molar-refractivity contribution in [1.29, 1.82) is 0 Å². The highest BCUT2D eigenvalue weighted by atomic mass is 32.2. The predicted molar refractivity (Wildman–Crippen MR) is 101 cm³/mol. The number of carbonyl (C=O) groups is 3. The van der Waals surface area contributed by atoms with Gasteiger partial charge in [-0.25, -0.2) is 13.1 Å². The Balaban J connectivity index is 1.66. The average molecular weight is 406 g/mol. The summed E-state index contributed by atoms with van der Waals surface area (Å²) in [6.45, 7) is 3.50. The number of benzene rings is 1. The molecule has 1 aliphatic heterocycles. The summed E-state index contributed by atoms with van der Waals surface area (Å²) in [7, 11) is -4.00. The van der Waals surface area contributed by atoms with E-state index < -0.39 is 33.5 Å². The number of aryl methyl sites for hydroxylation is 2. The zero-order valence-corrected chi connectivity index (χ0v) is 16.4. The Morgan fingerprint density at radius 1 is 1.15 bits per heavy atom. The Morgan fingerprint density at radius 3 is 2.26 bits per heavy atom. The molecular weight excluding hydrogens is 388 g/mol. The van der Waals surface area contributed by atoms with Gasteiger partial charge in [0.25, 0.3) is 17.7 Å². The summed E-state index contributed by atoms with van der Waals surface area (Å²) in [6, 6.07) is 7.97. The third-order valence-corrected chi connectivity index (χ3v) is 6.87. The van der Waals surface area contributed by atoms with Gasteiger partial charge >= 0.3 is 0 Å². The predicted octanol–water partition coefficient (Wildman–Crippen LogP) is 1.97. The van der Waals surface area contributed by atoms with E-state index in [0.717, 1.165) is 21.8 Å². The second kappa shape index (κ2) is 7.24. The molecule has 0 bridgehead atoms. The lowest BCUT2D eigenvalue weighted by atomic mass is 10.1.